The lowest BCUT2D eigenvalue weighted by Gasteiger charge is -2.20. The fourth-order valence-corrected chi connectivity index (χ4v) is 2.15. The maximum Gasteiger partial charge on any atom is 0.247 e. The highest BCUT2D eigenvalue weighted by molar-refractivity contribution is 6.06. The second kappa shape index (κ2) is 4.41. The van der Waals surface area contributed by atoms with Crippen molar-refractivity contribution in [1.29, 1.82) is 0 Å². The monoisotopic (exact) mass is 238 g/mol. The molecule has 1 saturated heterocycles. The molecular weight excluding hydrogens is 216 g/mol. The number of carbonyl (C=O) groups excluding carboxylic acids is 2. The van der Waals surface area contributed by atoms with Gasteiger partial charge in [-0.25, -0.2) is 0 Å². The quantitative estimate of drug-likeness (QED) is 0.751. The highest BCUT2D eigenvalue weighted by Gasteiger charge is 2.45. The first-order valence-electron chi connectivity index (χ1n) is 6.48. The third-order valence-electron chi connectivity index (χ3n) is 3.36. The van der Waals surface area contributed by atoms with Crippen LogP contribution in [0.25, 0.3) is 0 Å². The van der Waals surface area contributed by atoms with Gasteiger partial charge >= 0.3 is 0 Å². The minimum absolute atomic E-state index is 0.00533. The van der Waals surface area contributed by atoms with Crippen molar-refractivity contribution in [1.82, 2.24) is 10.2 Å². The summed E-state index contributed by atoms with van der Waals surface area (Å²) in [7, 11) is 0. The van der Waals surface area contributed by atoms with Gasteiger partial charge in [0.25, 0.3) is 0 Å². The van der Waals surface area contributed by atoms with Crippen LogP contribution in [0, 0.1) is 5.41 Å². The standard InChI is InChI=1S/C13H22N2O2/c1-13(2,3)6-7-14-10-8-11(16)15(12(10)17)9-4-5-9/h9-10,14H,4-8H2,1-3H3. The van der Waals surface area contributed by atoms with Crippen LogP contribution in [0.15, 0.2) is 0 Å². The summed E-state index contributed by atoms with van der Waals surface area (Å²) in [6.45, 7) is 7.32. The molecule has 0 radical (unpaired) electrons. The van der Waals surface area contributed by atoms with Crippen LogP contribution < -0.4 is 5.32 Å². The van der Waals surface area contributed by atoms with Crippen molar-refractivity contribution >= 4 is 11.8 Å². The molecule has 0 bridgehead atoms. The molecule has 2 fully saturated rings. The van der Waals surface area contributed by atoms with Gasteiger partial charge in [0.15, 0.2) is 0 Å². The summed E-state index contributed by atoms with van der Waals surface area (Å²) < 4.78 is 0. The van der Waals surface area contributed by atoms with E-state index in [0.717, 1.165) is 25.8 Å². The number of hydrogen-bond donors (Lipinski definition) is 1. The number of likely N-dealkylation sites (tertiary alicyclic amines) is 1. The average Bonchev–Trinajstić information content (AvgIpc) is 2.95. The zero-order valence-electron chi connectivity index (χ0n) is 11.0. The summed E-state index contributed by atoms with van der Waals surface area (Å²) in [5, 5.41) is 3.22. The van der Waals surface area contributed by atoms with Gasteiger partial charge in [0, 0.05) is 6.04 Å². The molecule has 2 aliphatic rings. The van der Waals surface area contributed by atoms with E-state index in [4.69, 9.17) is 0 Å². The Morgan fingerprint density at radius 1 is 1.29 bits per heavy atom. The molecule has 2 amide bonds. The number of rotatable bonds is 4. The van der Waals surface area contributed by atoms with E-state index >= 15 is 0 Å². The Bertz CT molecular complexity index is 329. The van der Waals surface area contributed by atoms with Gasteiger partial charge in [0.05, 0.1) is 12.5 Å². The summed E-state index contributed by atoms with van der Waals surface area (Å²) in [6, 6.07) is -0.0603. The van der Waals surface area contributed by atoms with Gasteiger partial charge in [-0.05, 0) is 31.2 Å². The van der Waals surface area contributed by atoms with Crippen molar-refractivity contribution in [2.45, 2.75) is 58.5 Å². The maximum absolute atomic E-state index is 12.0. The molecule has 1 saturated carbocycles. The van der Waals surface area contributed by atoms with E-state index in [1.54, 1.807) is 0 Å². The van der Waals surface area contributed by atoms with Crippen LogP contribution in [-0.4, -0.2) is 35.3 Å². The molecule has 4 heteroatoms. The predicted molar refractivity (Wildman–Crippen MR) is 65.4 cm³/mol. The number of nitrogens with one attached hydrogen (secondary N) is 1. The lowest BCUT2D eigenvalue weighted by Crippen LogP contribution is -2.40. The molecule has 17 heavy (non-hydrogen) atoms. The zero-order chi connectivity index (χ0) is 12.6. The minimum atomic E-state index is -0.273. The summed E-state index contributed by atoms with van der Waals surface area (Å²) in [5.41, 5.74) is 0.259. The minimum Gasteiger partial charge on any atom is -0.305 e. The second-order valence-corrected chi connectivity index (χ2v) is 6.35. The van der Waals surface area contributed by atoms with Gasteiger partial charge in [-0.1, -0.05) is 20.8 Å². The summed E-state index contributed by atoms with van der Waals surface area (Å²) in [4.78, 5) is 25.2. The molecule has 1 N–H and O–H groups in total. The highest BCUT2D eigenvalue weighted by atomic mass is 16.2. The van der Waals surface area contributed by atoms with E-state index in [1.807, 2.05) is 0 Å². The largest absolute Gasteiger partial charge is 0.305 e. The van der Waals surface area contributed by atoms with Crippen molar-refractivity contribution in [2.75, 3.05) is 6.54 Å². The molecule has 1 heterocycles. The van der Waals surface area contributed by atoms with Gasteiger partial charge in [-0.3, -0.25) is 14.5 Å². The molecule has 0 aromatic heterocycles. The van der Waals surface area contributed by atoms with E-state index < -0.39 is 0 Å². The van der Waals surface area contributed by atoms with Crippen LogP contribution in [0.3, 0.4) is 0 Å². The summed E-state index contributed by atoms with van der Waals surface area (Å²) in [5.74, 6) is -0.00262. The highest BCUT2D eigenvalue weighted by Crippen LogP contribution is 2.31. The van der Waals surface area contributed by atoms with E-state index in [-0.39, 0.29) is 29.3 Å². The van der Waals surface area contributed by atoms with Crippen LogP contribution in [0.4, 0.5) is 0 Å². The van der Waals surface area contributed by atoms with Crippen molar-refractivity contribution in [3.8, 4) is 0 Å². The lowest BCUT2D eigenvalue weighted by molar-refractivity contribution is -0.139. The predicted octanol–water partition coefficient (Wildman–Crippen LogP) is 1.30. The van der Waals surface area contributed by atoms with Gasteiger partial charge in [0.2, 0.25) is 11.8 Å². The Hall–Kier alpha value is -0.900. The number of amides is 2. The SMILES string of the molecule is CC(C)(C)CCNC1CC(=O)N(C2CC2)C1=O. The van der Waals surface area contributed by atoms with Crippen LogP contribution in [0.2, 0.25) is 0 Å². The average molecular weight is 238 g/mol. The molecule has 1 atom stereocenters. The topological polar surface area (TPSA) is 49.4 Å². The Morgan fingerprint density at radius 2 is 1.94 bits per heavy atom. The Balaban J connectivity index is 1.82. The fraction of sp³-hybridized carbons (Fsp3) is 0.846. The Morgan fingerprint density at radius 3 is 2.47 bits per heavy atom. The maximum atomic E-state index is 12.0. The molecule has 1 unspecified atom stereocenters. The molecule has 0 spiro atoms. The molecule has 0 aromatic carbocycles. The van der Waals surface area contributed by atoms with Crippen molar-refractivity contribution in [3.05, 3.63) is 0 Å². The van der Waals surface area contributed by atoms with Crippen molar-refractivity contribution in [2.24, 2.45) is 5.41 Å². The molecule has 96 valence electrons. The smallest absolute Gasteiger partial charge is 0.247 e. The van der Waals surface area contributed by atoms with E-state index in [9.17, 15) is 9.59 Å². The number of nitrogens with zero attached hydrogens (tertiary/aromatic N) is 1. The van der Waals surface area contributed by atoms with E-state index in [2.05, 4.69) is 26.1 Å². The number of imide groups is 1. The van der Waals surface area contributed by atoms with Crippen molar-refractivity contribution in [3.63, 3.8) is 0 Å². The van der Waals surface area contributed by atoms with Crippen LogP contribution in [-0.2, 0) is 9.59 Å². The summed E-state index contributed by atoms with van der Waals surface area (Å²) >= 11 is 0. The fourth-order valence-electron chi connectivity index (χ4n) is 2.15. The lowest BCUT2D eigenvalue weighted by atomic mass is 9.92. The van der Waals surface area contributed by atoms with E-state index in [1.165, 1.54) is 4.90 Å². The summed E-state index contributed by atoms with van der Waals surface area (Å²) in [6.07, 6.45) is 3.34. The van der Waals surface area contributed by atoms with E-state index in [0.29, 0.717) is 6.42 Å². The number of carbonyl (C=O) groups is 2. The molecule has 4 nitrogen and oxygen atoms in total. The third-order valence-corrected chi connectivity index (χ3v) is 3.36. The third kappa shape index (κ3) is 3.06. The second-order valence-electron chi connectivity index (χ2n) is 6.35. The zero-order valence-corrected chi connectivity index (χ0v) is 11.0. The molecule has 2 rings (SSSR count). The van der Waals surface area contributed by atoms with Crippen LogP contribution in [0.5, 0.6) is 0 Å². The normalized spacial score (nSPS) is 25.8. The Kier molecular flexibility index (Phi) is 3.25. The first-order chi connectivity index (χ1) is 7.88. The number of hydrogen-bond acceptors (Lipinski definition) is 3. The molecule has 1 aliphatic carbocycles. The first-order valence-corrected chi connectivity index (χ1v) is 6.48. The van der Waals surface area contributed by atoms with Gasteiger partial charge < -0.3 is 5.32 Å². The molecular formula is C13H22N2O2. The molecule has 0 aromatic rings. The van der Waals surface area contributed by atoms with Gasteiger partial charge in [-0.2, -0.15) is 0 Å². The van der Waals surface area contributed by atoms with Crippen LogP contribution >= 0.6 is 0 Å². The van der Waals surface area contributed by atoms with Gasteiger partial charge in [-0.15, -0.1) is 0 Å². The first kappa shape index (κ1) is 12.6. The molecule has 1 aliphatic heterocycles. The van der Waals surface area contributed by atoms with Crippen molar-refractivity contribution < 1.29 is 9.59 Å². The van der Waals surface area contributed by atoms with Crippen LogP contribution in [0.1, 0.15) is 46.5 Å². The van der Waals surface area contributed by atoms with Gasteiger partial charge in [0.1, 0.15) is 0 Å². The Labute approximate surface area is 103 Å².